The summed E-state index contributed by atoms with van der Waals surface area (Å²) in [5.41, 5.74) is -1.14. The Morgan fingerprint density at radius 2 is 1.90 bits per heavy atom. The van der Waals surface area contributed by atoms with Crippen molar-refractivity contribution in [2.45, 2.75) is 13.3 Å². The summed E-state index contributed by atoms with van der Waals surface area (Å²) < 4.78 is 17.1. The molecule has 110 valence electrons. The smallest absolute Gasteiger partial charge is 0.204 e. The molecule has 3 N–H and O–H groups in total. The molecular formula is C13H15FO6. The summed E-state index contributed by atoms with van der Waals surface area (Å²) >= 11 is 0. The number of hydrogen-bond donors (Lipinski definition) is 3. The minimum absolute atomic E-state index is 0.127. The number of carbonyl (C=O) groups excluding carboxylic acids is 2. The number of halogens is 1. The van der Waals surface area contributed by atoms with Crippen LogP contribution in [0.4, 0.5) is 4.39 Å². The maximum atomic E-state index is 12.4. The van der Waals surface area contributed by atoms with Gasteiger partial charge in [-0.15, -0.1) is 0 Å². The van der Waals surface area contributed by atoms with Gasteiger partial charge in [0.1, 0.15) is 16.9 Å². The van der Waals surface area contributed by atoms with Crippen LogP contribution < -0.4 is 4.74 Å². The molecule has 0 spiro atoms. The van der Waals surface area contributed by atoms with Crippen molar-refractivity contribution in [2.24, 2.45) is 5.92 Å². The normalized spacial score (nSPS) is 11.9. The lowest BCUT2D eigenvalue weighted by Crippen LogP contribution is -2.09. The van der Waals surface area contributed by atoms with Gasteiger partial charge in [-0.05, 0) is 5.92 Å². The van der Waals surface area contributed by atoms with Crippen molar-refractivity contribution < 1.29 is 34.0 Å². The number of ether oxygens (including phenoxy) is 1. The number of aromatic hydroxyl groups is 3. The Bertz CT molecular complexity index is 540. The zero-order chi connectivity index (χ0) is 15.4. The summed E-state index contributed by atoms with van der Waals surface area (Å²) in [6.07, 6.45) is -0.147. The number of phenolic OH excluding ortho intramolecular Hbond substituents is 3. The van der Waals surface area contributed by atoms with Crippen LogP contribution in [-0.2, 0) is 0 Å². The molecule has 0 bridgehead atoms. The monoisotopic (exact) mass is 286 g/mol. The van der Waals surface area contributed by atoms with E-state index < -0.39 is 52.5 Å². The van der Waals surface area contributed by atoms with Gasteiger partial charge in [0.05, 0.1) is 13.8 Å². The maximum Gasteiger partial charge on any atom is 0.204 e. The predicted octanol–water partition coefficient (Wildman–Crippen LogP) is 1.80. The van der Waals surface area contributed by atoms with Crippen LogP contribution in [0.5, 0.6) is 23.0 Å². The van der Waals surface area contributed by atoms with Crippen LogP contribution in [0.15, 0.2) is 0 Å². The standard InChI is InChI=1S/C13H15FO6/c1-6(4-14)3-8(16)9-10(17)7(5-15)11(18)13(20-2)12(9)19/h5-6,17-19H,3-4H2,1-2H3. The van der Waals surface area contributed by atoms with Crippen LogP contribution in [0.25, 0.3) is 0 Å². The number of Topliss-reactive ketones (excluding diaryl/α,β-unsaturated/α-hetero) is 1. The molecule has 0 saturated carbocycles. The molecule has 1 aromatic carbocycles. The fraction of sp³-hybridized carbons (Fsp3) is 0.385. The van der Waals surface area contributed by atoms with Crippen molar-refractivity contribution in [1.82, 2.24) is 0 Å². The molecule has 1 atom stereocenters. The van der Waals surface area contributed by atoms with Gasteiger partial charge in [0.15, 0.2) is 23.6 Å². The van der Waals surface area contributed by atoms with Crippen LogP contribution in [-0.4, -0.2) is 41.2 Å². The van der Waals surface area contributed by atoms with Crippen molar-refractivity contribution in [3.63, 3.8) is 0 Å². The van der Waals surface area contributed by atoms with E-state index in [9.17, 15) is 29.3 Å². The molecular weight excluding hydrogens is 271 g/mol. The second-order valence-electron chi connectivity index (χ2n) is 4.37. The van der Waals surface area contributed by atoms with E-state index in [0.717, 1.165) is 7.11 Å². The van der Waals surface area contributed by atoms with E-state index >= 15 is 0 Å². The molecule has 1 unspecified atom stereocenters. The van der Waals surface area contributed by atoms with Crippen LogP contribution >= 0.6 is 0 Å². The molecule has 1 rings (SSSR count). The quantitative estimate of drug-likeness (QED) is 0.544. The molecule has 0 fully saturated rings. The van der Waals surface area contributed by atoms with Gasteiger partial charge in [-0.2, -0.15) is 0 Å². The third-order valence-electron chi connectivity index (χ3n) is 2.81. The zero-order valence-electron chi connectivity index (χ0n) is 11.0. The van der Waals surface area contributed by atoms with Crippen molar-refractivity contribution in [3.8, 4) is 23.0 Å². The number of carbonyl (C=O) groups is 2. The molecule has 0 radical (unpaired) electrons. The van der Waals surface area contributed by atoms with E-state index in [1.165, 1.54) is 6.92 Å². The largest absolute Gasteiger partial charge is 0.506 e. The highest BCUT2D eigenvalue weighted by Gasteiger charge is 2.28. The highest BCUT2D eigenvalue weighted by Crippen LogP contribution is 2.47. The van der Waals surface area contributed by atoms with Gasteiger partial charge in [0, 0.05) is 6.42 Å². The predicted molar refractivity (Wildman–Crippen MR) is 67.5 cm³/mol. The number of aldehydes is 1. The minimum atomic E-state index is -0.855. The Labute approximate surface area is 114 Å². The molecule has 1 aromatic rings. The van der Waals surface area contributed by atoms with E-state index in [0.29, 0.717) is 0 Å². The Morgan fingerprint density at radius 1 is 1.30 bits per heavy atom. The van der Waals surface area contributed by atoms with Crippen LogP contribution in [0.2, 0.25) is 0 Å². The SMILES string of the molecule is COc1c(O)c(C=O)c(O)c(C(=O)CC(C)CF)c1O. The lowest BCUT2D eigenvalue weighted by Gasteiger charge is -2.15. The van der Waals surface area contributed by atoms with E-state index in [1.807, 2.05) is 0 Å². The Kier molecular flexibility index (Phi) is 4.90. The zero-order valence-corrected chi connectivity index (χ0v) is 11.0. The lowest BCUT2D eigenvalue weighted by molar-refractivity contribution is 0.0951. The van der Waals surface area contributed by atoms with E-state index in [2.05, 4.69) is 0 Å². The first-order valence-corrected chi connectivity index (χ1v) is 5.78. The summed E-state index contributed by atoms with van der Waals surface area (Å²) in [5.74, 6) is -4.28. The van der Waals surface area contributed by atoms with Crippen molar-refractivity contribution in [3.05, 3.63) is 11.1 Å². The highest BCUT2D eigenvalue weighted by molar-refractivity contribution is 6.05. The van der Waals surface area contributed by atoms with Gasteiger partial charge >= 0.3 is 0 Å². The summed E-state index contributed by atoms with van der Waals surface area (Å²) in [5, 5.41) is 29.3. The summed E-state index contributed by atoms with van der Waals surface area (Å²) in [4.78, 5) is 22.8. The van der Waals surface area contributed by atoms with Gasteiger partial charge in [-0.25, -0.2) is 0 Å². The molecule has 0 amide bonds. The van der Waals surface area contributed by atoms with E-state index in [1.54, 1.807) is 0 Å². The number of benzene rings is 1. The van der Waals surface area contributed by atoms with Gasteiger partial charge in [-0.1, -0.05) is 6.92 Å². The number of alkyl halides is 1. The van der Waals surface area contributed by atoms with E-state index in [4.69, 9.17) is 4.74 Å². The molecule has 0 aliphatic carbocycles. The third kappa shape index (κ3) is 2.66. The number of methoxy groups -OCH3 is 1. The summed E-state index contributed by atoms with van der Waals surface area (Å²) in [6.45, 7) is 0.729. The van der Waals surface area contributed by atoms with Crippen LogP contribution in [0.1, 0.15) is 34.1 Å². The highest BCUT2D eigenvalue weighted by atomic mass is 19.1. The van der Waals surface area contributed by atoms with Gasteiger partial charge in [0.2, 0.25) is 5.75 Å². The molecule has 0 aliphatic heterocycles. The molecule has 7 heteroatoms. The molecule has 0 heterocycles. The van der Waals surface area contributed by atoms with Gasteiger partial charge < -0.3 is 20.1 Å². The topological polar surface area (TPSA) is 104 Å². The van der Waals surface area contributed by atoms with Gasteiger partial charge in [0.25, 0.3) is 0 Å². The Hall–Kier alpha value is -2.31. The lowest BCUT2D eigenvalue weighted by atomic mass is 9.96. The van der Waals surface area contributed by atoms with E-state index in [-0.39, 0.29) is 12.7 Å². The van der Waals surface area contributed by atoms with Crippen LogP contribution in [0, 0.1) is 5.92 Å². The van der Waals surface area contributed by atoms with Crippen molar-refractivity contribution >= 4 is 12.1 Å². The Morgan fingerprint density at radius 3 is 2.35 bits per heavy atom. The number of rotatable bonds is 6. The first-order chi connectivity index (χ1) is 9.38. The summed E-state index contributed by atoms with van der Waals surface area (Å²) in [7, 11) is 1.11. The fourth-order valence-electron chi connectivity index (χ4n) is 1.75. The molecule has 0 aromatic heterocycles. The number of ketones is 1. The second-order valence-corrected chi connectivity index (χ2v) is 4.37. The average Bonchev–Trinajstić information content (AvgIpc) is 2.39. The van der Waals surface area contributed by atoms with Gasteiger partial charge in [-0.3, -0.25) is 14.0 Å². The molecule has 0 aliphatic rings. The molecule has 6 nitrogen and oxygen atoms in total. The van der Waals surface area contributed by atoms with Crippen LogP contribution in [0.3, 0.4) is 0 Å². The first kappa shape index (κ1) is 15.7. The number of hydrogen-bond acceptors (Lipinski definition) is 6. The molecule has 20 heavy (non-hydrogen) atoms. The number of phenols is 3. The summed E-state index contributed by atoms with van der Waals surface area (Å²) in [6, 6.07) is 0. The van der Waals surface area contributed by atoms with Crippen molar-refractivity contribution in [1.29, 1.82) is 0 Å². The maximum absolute atomic E-state index is 12.4. The third-order valence-corrected chi connectivity index (χ3v) is 2.81. The first-order valence-electron chi connectivity index (χ1n) is 5.78. The van der Waals surface area contributed by atoms with Crippen molar-refractivity contribution in [2.75, 3.05) is 13.8 Å². The minimum Gasteiger partial charge on any atom is -0.506 e. The Balaban J connectivity index is 3.46. The fourth-order valence-corrected chi connectivity index (χ4v) is 1.75. The average molecular weight is 286 g/mol. The second kappa shape index (κ2) is 6.23. The molecule has 0 saturated heterocycles.